The van der Waals surface area contributed by atoms with Gasteiger partial charge in [-0.05, 0) is 26.7 Å². The van der Waals surface area contributed by atoms with Crippen LogP contribution in [0.15, 0.2) is 4.99 Å². The molecule has 2 rings (SSSR count). The second-order valence-corrected chi connectivity index (χ2v) is 6.52. The Morgan fingerprint density at radius 2 is 2.26 bits per heavy atom. The molecule has 1 fully saturated rings. The van der Waals surface area contributed by atoms with Gasteiger partial charge in [0.15, 0.2) is 11.8 Å². The molecule has 1 aliphatic rings. The zero-order chi connectivity index (χ0) is 18.8. The quantitative estimate of drug-likeness (QED) is 0.216. The van der Waals surface area contributed by atoms with Crippen LogP contribution in [0.3, 0.4) is 0 Å². The van der Waals surface area contributed by atoms with Crippen molar-refractivity contribution >= 4 is 29.9 Å². The maximum atomic E-state index is 5.88. The van der Waals surface area contributed by atoms with Gasteiger partial charge in [0.25, 0.3) is 0 Å². The Balaban J connectivity index is 0.00000364. The Morgan fingerprint density at radius 3 is 2.89 bits per heavy atom. The van der Waals surface area contributed by atoms with Gasteiger partial charge in [-0.15, -0.1) is 34.2 Å². The predicted molar refractivity (Wildman–Crippen MR) is 115 cm³/mol. The van der Waals surface area contributed by atoms with Crippen molar-refractivity contribution in [1.82, 2.24) is 25.4 Å². The van der Waals surface area contributed by atoms with Crippen molar-refractivity contribution in [3.63, 3.8) is 0 Å². The van der Waals surface area contributed by atoms with Gasteiger partial charge in [-0.1, -0.05) is 0 Å². The lowest BCUT2D eigenvalue weighted by Crippen LogP contribution is -2.45. The smallest absolute Gasteiger partial charge is 0.191 e. The maximum Gasteiger partial charge on any atom is 0.191 e. The Morgan fingerprint density at radius 1 is 1.44 bits per heavy atom. The Bertz CT molecular complexity index is 563. The number of aryl methyl sites for hydroxylation is 1. The molecular weight excluding hydrogens is 463 g/mol. The minimum absolute atomic E-state index is 0. The molecule has 156 valence electrons. The van der Waals surface area contributed by atoms with Gasteiger partial charge < -0.3 is 29.4 Å². The minimum Gasteiger partial charge on any atom is -0.385 e. The third-order valence-electron chi connectivity index (χ3n) is 4.23. The number of aromatic nitrogens is 3. The Hall–Kier alpha value is -0.980. The van der Waals surface area contributed by atoms with Crippen molar-refractivity contribution in [2.45, 2.75) is 45.4 Å². The molecule has 1 aromatic heterocycles. The molecule has 2 N–H and O–H groups in total. The fraction of sp³-hybridized carbons (Fsp3) is 0.824. The van der Waals surface area contributed by atoms with Gasteiger partial charge >= 0.3 is 0 Å². The van der Waals surface area contributed by atoms with E-state index >= 15 is 0 Å². The zero-order valence-corrected chi connectivity index (χ0v) is 19.1. The van der Waals surface area contributed by atoms with Crippen LogP contribution < -0.4 is 10.6 Å². The lowest BCUT2D eigenvalue weighted by atomic mass is 10.3. The third-order valence-corrected chi connectivity index (χ3v) is 4.23. The van der Waals surface area contributed by atoms with Crippen molar-refractivity contribution in [1.29, 1.82) is 0 Å². The molecule has 1 aliphatic heterocycles. The number of guanidine groups is 1. The Kier molecular flexibility index (Phi) is 11.8. The average molecular weight is 496 g/mol. The number of nitrogens with zero attached hydrogens (tertiary/aromatic N) is 4. The number of methoxy groups -OCH3 is 1. The van der Waals surface area contributed by atoms with Crippen LogP contribution in [0.1, 0.15) is 31.4 Å². The highest BCUT2D eigenvalue weighted by Crippen LogP contribution is 2.08. The average Bonchev–Trinajstić information content (AvgIpc) is 3.26. The summed E-state index contributed by atoms with van der Waals surface area (Å²) in [5.41, 5.74) is 0. The number of ether oxygens (including phenoxy) is 3. The van der Waals surface area contributed by atoms with Gasteiger partial charge in [-0.2, -0.15) is 0 Å². The highest BCUT2D eigenvalue weighted by atomic mass is 127. The molecule has 27 heavy (non-hydrogen) atoms. The molecule has 0 spiro atoms. The van der Waals surface area contributed by atoms with Gasteiger partial charge in [0.05, 0.1) is 19.3 Å². The molecule has 9 nitrogen and oxygen atoms in total. The molecule has 2 heterocycles. The monoisotopic (exact) mass is 496 g/mol. The molecule has 0 aromatic carbocycles. The summed E-state index contributed by atoms with van der Waals surface area (Å²) in [6.07, 6.45) is 2.08. The van der Waals surface area contributed by atoms with Crippen LogP contribution in [0, 0.1) is 6.92 Å². The van der Waals surface area contributed by atoms with Crippen LogP contribution in [0.5, 0.6) is 0 Å². The number of halogens is 1. The van der Waals surface area contributed by atoms with E-state index < -0.39 is 0 Å². The van der Waals surface area contributed by atoms with Crippen LogP contribution >= 0.6 is 24.0 Å². The van der Waals surface area contributed by atoms with Crippen molar-refractivity contribution in [3.8, 4) is 0 Å². The molecule has 2 unspecified atom stereocenters. The summed E-state index contributed by atoms with van der Waals surface area (Å²) in [6, 6.07) is 0.130. The number of rotatable bonds is 10. The van der Waals surface area contributed by atoms with Crippen LogP contribution in [0.2, 0.25) is 0 Å². The van der Waals surface area contributed by atoms with Crippen LogP contribution in [-0.4, -0.2) is 73.0 Å². The number of aliphatic imine (C=N–C) groups is 1. The molecule has 10 heteroatoms. The summed E-state index contributed by atoms with van der Waals surface area (Å²) in [7, 11) is 3.65. The molecule has 1 saturated heterocycles. The third kappa shape index (κ3) is 8.71. The molecule has 1 aromatic rings. The van der Waals surface area contributed by atoms with E-state index in [2.05, 4.69) is 32.7 Å². The minimum atomic E-state index is 0. The fourth-order valence-corrected chi connectivity index (χ4v) is 2.51. The van der Waals surface area contributed by atoms with Crippen LogP contribution in [0.4, 0.5) is 0 Å². The van der Waals surface area contributed by atoms with E-state index in [1.54, 1.807) is 7.11 Å². The second kappa shape index (κ2) is 13.2. The summed E-state index contributed by atoms with van der Waals surface area (Å²) >= 11 is 0. The van der Waals surface area contributed by atoms with Gasteiger partial charge in [0.1, 0.15) is 12.4 Å². The SMILES string of the molecule is COCCCNC(=NCc1nnc(C)n1C)NC(C)COC1CCOC1.I. The lowest BCUT2D eigenvalue weighted by molar-refractivity contribution is 0.0347. The van der Waals surface area contributed by atoms with Crippen molar-refractivity contribution in [2.24, 2.45) is 12.0 Å². The van der Waals surface area contributed by atoms with Crippen LogP contribution in [-0.2, 0) is 27.8 Å². The summed E-state index contributed by atoms with van der Waals surface area (Å²) < 4.78 is 18.3. The fourth-order valence-electron chi connectivity index (χ4n) is 2.51. The van der Waals surface area contributed by atoms with E-state index in [-0.39, 0.29) is 36.1 Å². The molecule has 0 saturated carbocycles. The van der Waals surface area contributed by atoms with Crippen molar-refractivity contribution < 1.29 is 14.2 Å². The normalized spacial score (nSPS) is 18.2. The lowest BCUT2D eigenvalue weighted by Gasteiger charge is -2.20. The Labute approximate surface area is 178 Å². The molecule has 2 atom stereocenters. The van der Waals surface area contributed by atoms with Gasteiger partial charge in [-0.3, -0.25) is 0 Å². The maximum absolute atomic E-state index is 5.88. The van der Waals surface area contributed by atoms with E-state index in [0.29, 0.717) is 26.4 Å². The first kappa shape index (κ1) is 24.1. The van der Waals surface area contributed by atoms with E-state index in [9.17, 15) is 0 Å². The number of hydrogen-bond acceptors (Lipinski definition) is 6. The summed E-state index contributed by atoms with van der Waals surface area (Å²) in [6.45, 7) is 8.04. The van der Waals surface area contributed by atoms with Gasteiger partial charge in [0, 0.05) is 40.0 Å². The largest absolute Gasteiger partial charge is 0.385 e. The summed E-state index contributed by atoms with van der Waals surface area (Å²) in [5.74, 6) is 2.44. The topological polar surface area (TPSA) is 94.8 Å². The van der Waals surface area contributed by atoms with Crippen LogP contribution in [0.25, 0.3) is 0 Å². The molecule has 0 radical (unpaired) electrons. The predicted octanol–water partition coefficient (Wildman–Crippen LogP) is 1.01. The summed E-state index contributed by atoms with van der Waals surface area (Å²) in [5, 5.41) is 14.9. The molecule has 0 bridgehead atoms. The van der Waals surface area contributed by atoms with Gasteiger partial charge in [0.2, 0.25) is 0 Å². The first-order chi connectivity index (χ1) is 12.6. The first-order valence-electron chi connectivity index (χ1n) is 9.18. The highest BCUT2D eigenvalue weighted by Gasteiger charge is 2.17. The first-order valence-corrected chi connectivity index (χ1v) is 9.18. The summed E-state index contributed by atoms with van der Waals surface area (Å²) in [4.78, 5) is 4.64. The van der Waals surface area contributed by atoms with Crippen molar-refractivity contribution in [3.05, 3.63) is 11.6 Å². The highest BCUT2D eigenvalue weighted by molar-refractivity contribution is 14.0. The van der Waals surface area contributed by atoms with Gasteiger partial charge in [-0.25, -0.2) is 4.99 Å². The van der Waals surface area contributed by atoms with E-state index in [1.165, 1.54) is 0 Å². The standard InChI is InChI=1S/C17H32N6O3.HI/c1-13(11-26-15-6-9-25-12-15)20-17(18-7-5-8-24-4)19-10-16-22-21-14(2)23(16)3;/h13,15H,5-12H2,1-4H3,(H2,18,19,20);1H. The second-order valence-electron chi connectivity index (χ2n) is 6.52. The number of hydrogen-bond donors (Lipinski definition) is 2. The van der Waals surface area contributed by atoms with E-state index in [1.807, 2.05) is 18.5 Å². The zero-order valence-electron chi connectivity index (χ0n) is 16.7. The van der Waals surface area contributed by atoms with Crippen molar-refractivity contribution in [2.75, 3.05) is 40.1 Å². The molecular formula is C17H33IN6O3. The molecule has 0 aliphatic carbocycles. The molecule has 0 amide bonds. The van der Waals surface area contributed by atoms with E-state index in [0.717, 1.165) is 43.6 Å². The van der Waals surface area contributed by atoms with E-state index in [4.69, 9.17) is 14.2 Å². The number of nitrogens with one attached hydrogen (secondary N) is 2.